The number of anilines is 1. The maximum absolute atomic E-state index is 13.1. The minimum atomic E-state index is -0.516. The van der Waals surface area contributed by atoms with Crippen LogP contribution in [-0.2, 0) is 7.05 Å². The number of carbonyl (C=O) groups excluding carboxylic acids is 1. The predicted molar refractivity (Wildman–Crippen MR) is 82.7 cm³/mol. The summed E-state index contributed by atoms with van der Waals surface area (Å²) in [6, 6.07) is 5.88. The van der Waals surface area contributed by atoms with Crippen LogP contribution in [-0.4, -0.2) is 15.7 Å². The molecule has 21 heavy (non-hydrogen) atoms. The van der Waals surface area contributed by atoms with Crippen LogP contribution < -0.4 is 5.32 Å². The number of halogens is 2. The lowest BCUT2D eigenvalue weighted by Gasteiger charge is -2.04. The number of nitrogens with one attached hydrogen (secondary N) is 1. The second-order valence-corrected chi connectivity index (χ2v) is 6.06. The van der Waals surface area contributed by atoms with Gasteiger partial charge in [0, 0.05) is 18.1 Å². The highest BCUT2D eigenvalue weighted by Gasteiger charge is 2.15. The van der Waals surface area contributed by atoms with E-state index in [0.29, 0.717) is 10.6 Å². The molecule has 4 nitrogen and oxygen atoms in total. The summed E-state index contributed by atoms with van der Waals surface area (Å²) in [4.78, 5) is 13.7. The van der Waals surface area contributed by atoms with Gasteiger partial charge in [-0.25, -0.2) is 4.39 Å². The number of amides is 1. The first-order chi connectivity index (χ1) is 9.95. The van der Waals surface area contributed by atoms with Crippen molar-refractivity contribution in [3.8, 4) is 0 Å². The number of hydrogen-bond donors (Lipinski definition) is 1. The molecule has 0 aliphatic rings. The summed E-state index contributed by atoms with van der Waals surface area (Å²) in [5, 5.41) is 7.94. The maximum atomic E-state index is 13.1. The lowest BCUT2D eigenvalue weighted by molar-refractivity contribution is 0.103. The first kappa shape index (κ1) is 14.0. The van der Waals surface area contributed by atoms with E-state index in [0.717, 1.165) is 15.9 Å². The molecule has 7 heteroatoms. The molecular weight excluding hydrogens is 313 g/mol. The molecule has 0 unspecified atom stereocenters. The van der Waals surface area contributed by atoms with Crippen LogP contribution in [0.2, 0.25) is 5.02 Å². The van der Waals surface area contributed by atoms with Gasteiger partial charge >= 0.3 is 0 Å². The highest BCUT2D eigenvalue weighted by molar-refractivity contribution is 7.20. The Bertz CT molecular complexity index is 821. The van der Waals surface area contributed by atoms with Gasteiger partial charge in [-0.1, -0.05) is 11.6 Å². The molecule has 0 atom stereocenters. The molecule has 1 N–H and O–H groups in total. The summed E-state index contributed by atoms with van der Waals surface area (Å²) in [6.07, 6.45) is 0. The van der Waals surface area contributed by atoms with Gasteiger partial charge in [0.15, 0.2) is 0 Å². The molecular formula is C14H11ClFN3OS. The van der Waals surface area contributed by atoms with Crippen LogP contribution in [0.3, 0.4) is 0 Å². The van der Waals surface area contributed by atoms with Crippen molar-refractivity contribution >= 4 is 44.7 Å². The first-order valence-electron chi connectivity index (χ1n) is 6.15. The zero-order valence-electron chi connectivity index (χ0n) is 11.3. The molecule has 1 aromatic carbocycles. The second-order valence-electron chi connectivity index (χ2n) is 4.62. The molecule has 0 radical (unpaired) electrons. The summed E-state index contributed by atoms with van der Waals surface area (Å²) >= 11 is 7.06. The molecule has 0 bridgehead atoms. The fourth-order valence-corrected chi connectivity index (χ4v) is 3.28. The van der Waals surface area contributed by atoms with Crippen LogP contribution in [0.5, 0.6) is 0 Å². The van der Waals surface area contributed by atoms with Gasteiger partial charge in [-0.15, -0.1) is 11.3 Å². The van der Waals surface area contributed by atoms with Gasteiger partial charge in [0.25, 0.3) is 5.91 Å². The van der Waals surface area contributed by atoms with Crippen molar-refractivity contribution < 1.29 is 9.18 Å². The Hall–Kier alpha value is -1.92. The van der Waals surface area contributed by atoms with Gasteiger partial charge in [0.2, 0.25) is 0 Å². The number of aromatic nitrogens is 2. The SMILES string of the molecule is Cc1nn(C)c2sc(C(=O)Nc3ccc(F)c(Cl)c3)cc12. The monoisotopic (exact) mass is 323 g/mol. The van der Waals surface area contributed by atoms with Crippen LogP contribution >= 0.6 is 22.9 Å². The van der Waals surface area contributed by atoms with Crippen molar-refractivity contribution in [3.63, 3.8) is 0 Å². The number of nitrogens with zero attached hydrogens (tertiary/aromatic N) is 2. The number of fused-ring (bicyclic) bond motifs is 1. The molecule has 0 fully saturated rings. The van der Waals surface area contributed by atoms with Crippen LogP contribution in [0.15, 0.2) is 24.3 Å². The van der Waals surface area contributed by atoms with Crippen LogP contribution in [0.25, 0.3) is 10.2 Å². The summed E-state index contributed by atoms with van der Waals surface area (Å²) in [7, 11) is 1.84. The standard InChI is InChI=1S/C14H11ClFN3OS/c1-7-9-6-12(21-14(9)19(2)18-7)13(20)17-8-3-4-11(16)10(15)5-8/h3-6H,1-2H3,(H,17,20). The third-order valence-electron chi connectivity index (χ3n) is 3.10. The van der Waals surface area contributed by atoms with Crippen LogP contribution in [0.4, 0.5) is 10.1 Å². The van der Waals surface area contributed by atoms with Crippen molar-refractivity contribution in [2.45, 2.75) is 6.92 Å². The third kappa shape index (κ3) is 2.52. The van der Waals surface area contributed by atoms with Crippen molar-refractivity contribution in [1.29, 1.82) is 0 Å². The maximum Gasteiger partial charge on any atom is 0.265 e. The third-order valence-corrected chi connectivity index (χ3v) is 4.59. The van der Waals surface area contributed by atoms with E-state index >= 15 is 0 Å². The molecule has 0 saturated carbocycles. The van der Waals surface area contributed by atoms with E-state index in [1.807, 2.05) is 20.0 Å². The smallest absolute Gasteiger partial charge is 0.265 e. The van der Waals surface area contributed by atoms with E-state index in [2.05, 4.69) is 10.4 Å². The van der Waals surface area contributed by atoms with Gasteiger partial charge in [-0.05, 0) is 31.2 Å². The quantitative estimate of drug-likeness (QED) is 0.775. The van der Waals surface area contributed by atoms with Gasteiger partial charge < -0.3 is 5.32 Å². The highest BCUT2D eigenvalue weighted by Crippen LogP contribution is 2.28. The number of hydrogen-bond acceptors (Lipinski definition) is 3. The average Bonchev–Trinajstić information content (AvgIpc) is 2.97. The molecule has 108 valence electrons. The Morgan fingerprint density at radius 2 is 2.19 bits per heavy atom. The summed E-state index contributed by atoms with van der Waals surface area (Å²) < 4.78 is 14.8. The van der Waals surface area contributed by atoms with Crippen molar-refractivity contribution in [3.05, 3.63) is 45.7 Å². The zero-order chi connectivity index (χ0) is 15.1. The summed E-state index contributed by atoms with van der Waals surface area (Å²) in [5.41, 5.74) is 1.34. The van der Waals surface area contributed by atoms with E-state index in [1.165, 1.54) is 29.5 Å². The van der Waals surface area contributed by atoms with E-state index in [1.54, 1.807) is 4.68 Å². The molecule has 3 aromatic rings. The number of carbonyl (C=O) groups is 1. The minimum Gasteiger partial charge on any atom is -0.321 e. The van der Waals surface area contributed by atoms with E-state index in [4.69, 9.17) is 11.6 Å². The Morgan fingerprint density at radius 3 is 2.86 bits per heavy atom. The van der Waals surface area contributed by atoms with Gasteiger partial charge in [-0.2, -0.15) is 5.10 Å². The largest absolute Gasteiger partial charge is 0.321 e. The molecule has 2 aromatic heterocycles. The average molecular weight is 324 g/mol. The molecule has 0 saturated heterocycles. The fourth-order valence-electron chi connectivity index (χ4n) is 2.08. The molecule has 0 aliphatic heterocycles. The fraction of sp³-hybridized carbons (Fsp3) is 0.143. The Labute approximate surface area is 129 Å². The zero-order valence-corrected chi connectivity index (χ0v) is 12.8. The predicted octanol–water partition coefficient (Wildman–Crippen LogP) is 3.99. The molecule has 0 aliphatic carbocycles. The molecule has 2 heterocycles. The molecule has 1 amide bonds. The normalized spacial score (nSPS) is 11.0. The number of aryl methyl sites for hydroxylation is 2. The van der Waals surface area contributed by atoms with Gasteiger partial charge in [0.1, 0.15) is 10.6 Å². The van der Waals surface area contributed by atoms with Crippen molar-refractivity contribution in [1.82, 2.24) is 9.78 Å². The summed E-state index contributed by atoms with van der Waals surface area (Å²) in [5.74, 6) is -0.767. The molecule has 0 spiro atoms. The summed E-state index contributed by atoms with van der Waals surface area (Å²) in [6.45, 7) is 1.90. The van der Waals surface area contributed by atoms with Crippen molar-refractivity contribution in [2.24, 2.45) is 7.05 Å². The lowest BCUT2D eigenvalue weighted by Crippen LogP contribution is -2.10. The Balaban J connectivity index is 1.89. The number of rotatable bonds is 2. The number of benzene rings is 1. The van der Waals surface area contributed by atoms with Crippen LogP contribution in [0.1, 0.15) is 15.4 Å². The lowest BCUT2D eigenvalue weighted by atomic mass is 10.3. The minimum absolute atomic E-state index is 0.0239. The van der Waals surface area contributed by atoms with Gasteiger partial charge in [0.05, 0.1) is 15.6 Å². The first-order valence-corrected chi connectivity index (χ1v) is 7.34. The van der Waals surface area contributed by atoms with E-state index < -0.39 is 5.82 Å². The highest BCUT2D eigenvalue weighted by atomic mass is 35.5. The van der Waals surface area contributed by atoms with Gasteiger partial charge in [-0.3, -0.25) is 9.48 Å². The number of thiophene rings is 1. The second kappa shape index (κ2) is 5.13. The van der Waals surface area contributed by atoms with E-state index in [9.17, 15) is 9.18 Å². The van der Waals surface area contributed by atoms with Crippen molar-refractivity contribution in [2.75, 3.05) is 5.32 Å². The van der Waals surface area contributed by atoms with E-state index in [-0.39, 0.29) is 10.9 Å². The topological polar surface area (TPSA) is 46.9 Å². The van der Waals surface area contributed by atoms with Crippen LogP contribution in [0, 0.1) is 12.7 Å². The molecule has 3 rings (SSSR count). The Kier molecular flexibility index (Phi) is 3.43. The Morgan fingerprint density at radius 1 is 1.43 bits per heavy atom.